The second-order valence-corrected chi connectivity index (χ2v) is 6.77. The van der Waals surface area contributed by atoms with Gasteiger partial charge in [-0.1, -0.05) is 6.07 Å². The highest BCUT2D eigenvalue weighted by Crippen LogP contribution is 2.26. The predicted octanol–water partition coefficient (Wildman–Crippen LogP) is 4.29. The fourth-order valence-corrected chi connectivity index (χ4v) is 3.60. The van der Waals surface area contributed by atoms with E-state index < -0.39 is 5.82 Å². The van der Waals surface area contributed by atoms with Gasteiger partial charge < -0.3 is 10.2 Å². The van der Waals surface area contributed by atoms with Crippen molar-refractivity contribution in [1.82, 2.24) is 4.98 Å². The van der Waals surface area contributed by atoms with E-state index in [4.69, 9.17) is 0 Å². The van der Waals surface area contributed by atoms with Crippen LogP contribution < -0.4 is 10.2 Å². The molecular weight excluding hydrogens is 325 g/mol. The van der Waals surface area contributed by atoms with E-state index in [9.17, 15) is 9.18 Å². The summed E-state index contributed by atoms with van der Waals surface area (Å²) in [6, 6.07) is 10.4. The molecular formula is C18H16FN3OS. The van der Waals surface area contributed by atoms with Crippen LogP contribution in [0.5, 0.6) is 0 Å². The minimum atomic E-state index is -0.421. The first-order valence-corrected chi connectivity index (χ1v) is 8.79. The first kappa shape index (κ1) is 15.1. The van der Waals surface area contributed by atoms with E-state index >= 15 is 0 Å². The average Bonchev–Trinajstić information content (AvgIpc) is 3.28. The number of thiophene rings is 1. The summed E-state index contributed by atoms with van der Waals surface area (Å²) in [6.45, 7) is 1.93. The number of nitrogens with zero attached hydrogens (tertiary/aromatic N) is 2. The number of anilines is 2. The average molecular weight is 341 g/mol. The van der Waals surface area contributed by atoms with Crippen LogP contribution >= 0.6 is 11.3 Å². The fraction of sp³-hybridized carbons (Fsp3) is 0.222. The Labute approximate surface area is 142 Å². The molecule has 4 nitrogen and oxygen atoms in total. The molecule has 1 aliphatic rings. The molecule has 0 radical (unpaired) electrons. The number of fused-ring (bicyclic) bond motifs is 1. The number of rotatable bonds is 3. The first-order valence-electron chi connectivity index (χ1n) is 7.91. The second-order valence-electron chi connectivity index (χ2n) is 5.82. The van der Waals surface area contributed by atoms with E-state index in [1.54, 1.807) is 12.1 Å². The van der Waals surface area contributed by atoms with Gasteiger partial charge in [-0.25, -0.2) is 9.37 Å². The second kappa shape index (κ2) is 6.20. The molecule has 0 aliphatic carbocycles. The van der Waals surface area contributed by atoms with Gasteiger partial charge in [0.25, 0.3) is 5.91 Å². The number of pyridine rings is 1. The molecule has 2 aromatic heterocycles. The number of hydrogen-bond donors (Lipinski definition) is 1. The van der Waals surface area contributed by atoms with Crippen LogP contribution in [0.4, 0.5) is 15.9 Å². The highest BCUT2D eigenvalue weighted by atomic mass is 32.1. The monoisotopic (exact) mass is 341 g/mol. The van der Waals surface area contributed by atoms with E-state index in [0.29, 0.717) is 21.5 Å². The van der Waals surface area contributed by atoms with Gasteiger partial charge in [-0.2, -0.15) is 0 Å². The van der Waals surface area contributed by atoms with E-state index in [0.717, 1.165) is 31.7 Å². The summed E-state index contributed by atoms with van der Waals surface area (Å²) in [4.78, 5) is 19.3. The normalized spacial score (nSPS) is 14.3. The number of hydrogen-bond acceptors (Lipinski definition) is 4. The number of carbonyl (C=O) groups is 1. The third-order valence-electron chi connectivity index (χ3n) is 4.16. The number of halogens is 1. The molecule has 0 unspecified atom stereocenters. The highest BCUT2D eigenvalue weighted by molar-refractivity contribution is 7.12. The summed E-state index contributed by atoms with van der Waals surface area (Å²) in [5.74, 6) is 0.162. The van der Waals surface area contributed by atoms with Gasteiger partial charge in [-0.05, 0) is 48.6 Å². The number of aromatic nitrogens is 1. The van der Waals surface area contributed by atoms with Crippen LogP contribution in [0.15, 0.2) is 41.8 Å². The van der Waals surface area contributed by atoms with Gasteiger partial charge in [0.15, 0.2) is 5.82 Å². The molecule has 1 aliphatic heterocycles. The van der Waals surface area contributed by atoms with Crippen molar-refractivity contribution in [3.8, 4) is 0 Å². The molecule has 24 heavy (non-hydrogen) atoms. The molecule has 3 heterocycles. The van der Waals surface area contributed by atoms with Crippen molar-refractivity contribution in [2.24, 2.45) is 0 Å². The molecule has 1 fully saturated rings. The third kappa shape index (κ3) is 2.85. The molecule has 0 bridgehead atoms. The zero-order chi connectivity index (χ0) is 16.5. The van der Waals surface area contributed by atoms with E-state index in [2.05, 4.69) is 15.2 Å². The van der Waals surface area contributed by atoms with Crippen molar-refractivity contribution >= 4 is 39.7 Å². The van der Waals surface area contributed by atoms with Crippen molar-refractivity contribution in [2.75, 3.05) is 23.3 Å². The van der Waals surface area contributed by atoms with Crippen LogP contribution in [0.2, 0.25) is 0 Å². The molecule has 122 valence electrons. The van der Waals surface area contributed by atoms with Crippen molar-refractivity contribution in [1.29, 1.82) is 0 Å². The summed E-state index contributed by atoms with van der Waals surface area (Å²) in [5.41, 5.74) is 0.780. The number of benzene rings is 1. The Kier molecular flexibility index (Phi) is 3.90. The Bertz CT molecular complexity index is 889. The Morgan fingerprint density at radius 2 is 2.04 bits per heavy atom. The van der Waals surface area contributed by atoms with Crippen molar-refractivity contribution in [3.63, 3.8) is 0 Å². The SMILES string of the molecule is O=C(Nc1cc(F)c2nc(N3CCCC3)ccc2c1)c1cccs1. The maximum Gasteiger partial charge on any atom is 0.265 e. The topological polar surface area (TPSA) is 45.2 Å². The number of nitrogens with one attached hydrogen (secondary N) is 1. The van der Waals surface area contributed by atoms with Crippen molar-refractivity contribution in [2.45, 2.75) is 12.8 Å². The molecule has 6 heteroatoms. The molecule has 1 N–H and O–H groups in total. The lowest BCUT2D eigenvalue weighted by Gasteiger charge is -2.17. The summed E-state index contributed by atoms with van der Waals surface area (Å²) in [5, 5.41) is 5.25. The minimum Gasteiger partial charge on any atom is -0.357 e. The lowest BCUT2D eigenvalue weighted by atomic mass is 10.2. The highest BCUT2D eigenvalue weighted by Gasteiger charge is 2.16. The van der Waals surface area contributed by atoms with Crippen LogP contribution in [-0.4, -0.2) is 24.0 Å². The largest absolute Gasteiger partial charge is 0.357 e. The van der Waals surface area contributed by atoms with Gasteiger partial charge >= 0.3 is 0 Å². The van der Waals surface area contributed by atoms with Crippen LogP contribution in [-0.2, 0) is 0 Å². The number of amides is 1. The summed E-state index contributed by atoms with van der Waals surface area (Å²) < 4.78 is 14.5. The van der Waals surface area contributed by atoms with Crippen molar-refractivity contribution < 1.29 is 9.18 Å². The Balaban J connectivity index is 1.64. The molecule has 3 aromatic rings. The van der Waals surface area contributed by atoms with Gasteiger partial charge in [-0.15, -0.1) is 11.3 Å². The van der Waals surface area contributed by atoms with Crippen molar-refractivity contribution in [3.05, 3.63) is 52.5 Å². The first-order chi connectivity index (χ1) is 11.7. The molecule has 1 saturated heterocycles. The van der Waals surface area contributed by atoms with Gasteiger partial charge in [0, 0.05) is 24.2 Å². The molecule has 1 amide bonds. The Hall–Kier alpha value is -2.47. The van der Waals surface area contributed by atoms with Crippen LogP contribution in [0.3, 0.4) is 0 Å². The lowest BCUT2D eigenvalue weighted by Crippen LogP contribution is -2.18. The Morgan fingerprint density at radius 3 is 2.79 bits per heavy atom. The minimum absolute atomic E-state index is 0.231. The van der Waals surface area contributed by atoms with Crippen LogP contribution in [0, 0.1) is 5.82 Å². The maximum atomic E-state index is 14.5. The van der Waals surface area contributed by atoms with Gasteiger partial charge in [0.2, 0.25) is 0 Å². The summed E-state index contributed by atoms with van der Waals surface area (Å²) in [6.07, 6.45) is 2.30. The summed E-state index contributed by atoms with van der Waals surface area (Å²) >= 11 is 1.35. The van der Waals surface area contributed by atoms with Crippen LogP contribution in [0.25, 0.3) is 10.9 Å². The molecule has 0 spiro atoms. The smallest absolute Gasteiger partial charge is 0.265 e. The lowest BCUT2D eigenvalue weighted by molar-refractivity contribution is 0.103. The zero-order valence-corrected chi connectivity index (χ0v) is 13.8. The molecule has 1 aromatic carbocycles. The fourth-order valence-electron chi connectivity index (χ4n) is 2.98. The Morgan fingerprint density at radius 1 is 1.21 bits per heavy atom. The zero-order valence-electron chi connectivity index (χ0n) is 13.0. The van der Waals surface area contributed by atoms with Gasteiger partial charge in [0.05, 0.1) is 4.88 Å². The van der Waals surface area contributed by atoms with Gasteiger partial charge in [-0.3, -0.25) is 4.79 Å². The van der Waals surface area contributed by atoms with Crippen LogP contribution in [0.1, 0.15) is 22.5 Å². The summed E-state index contributed by atoms with van der Waals surface area (Å²) in [7, 11) is 0. The molecule has 4 rings (SSSR count). The molecule has 0 atom stereocenters. The standard InChI is InChI=1S/C18H16FN3OS/c19-14-11-13(20-18(23)15-4-3-9-24-15)10-12-5-6-16(21-17(12)14)22-7-1-2-8-22/h3-6,9-11H,1-2,7-8H2,(H,20,23). The number of carbonyl (C=O) groups excluding carboxylic acids is 1. The maximum absolute atomic E-state index is 14.5. The van der Waals surface area contributed by atoms with E-state index in [-0.39, 0.29) is 5.91 Å². The third-order valence-corrected chi connectivity index (χ3v) is 5.03. The van der Waals surface area contributed by atoms with E-state index in [1.807, 2.05) is 23.6 Å². The molecule has 0 saturated carbocycles. The van der Waals surface area contributed by atoms with Gasteiger partial charge in [0.1, 0.15) is 11.3 Å². The quantitative estimate of drug-likeness (QED) is 0.773. The van der Waals surface area contributed by atoms with E-state index in [1.165, 1.54) is 17.4 Å². The predicted molar refractivity (Wildman–Crippen MR) is 95.4 cm³/mol.